The molecule has 1 amide bonds. The highest BCUT2D eigenvalue weighted by Gasteiger charge is 2.03. The highest BCUT2D eigenvalue weighted by atomic mass is 16.3. The van der Waals surface area contributed by atoms with Gasteiger partial charge in [0.25, 0.3) is 5.91 Å². The van der Waals surface area contributed by atoms with Gasteiger partial charge in [-0.05, 0) is 36.3 Å². The number of aryl methyl sites for hydroxylation is 1. The van der Waals surface area contributed by atoms with Crippen LogP contribution in [0, 0.1) is 18.3 Å². The fourth-order valence-corrected chi connectivity index (χ4v) is 1.09. The molecule has 1 aromatic rings. The van der Waals surface area contributed by atoms with E-state index in [-0.39, 0.29) is 11.3 Å². The summed E-state index contributed by atoms with van der Waals surface area (Å²) in [6, 6.07) is 6.47. The van der Waals surface area contributed by atoms with Gasteiger partial charge in [-0.3, -0.25) is 4.79 Å². The first-order valence-electron chi connectivity index (χ1n) is 4.26. The fraction of sp³-hybridized carbons (Fsp3) is 0.0909. The third kappa shape index (κ3) is 2.58. The zero-order chi connectivity index (χ0) is 11.4. The number of aromatic hydroxyl groups is 1. The summed E-state index contributed by atoms with van der Waals surface area (Å²) in [7, 11) is 0. The van der Waals surface area contributed by atoms with Gasteiger partial charge in [0, 0.05) is 0 Å². The summed E-state index contributed by atoms with van der Waals surface area (Å²) in [5, 5.41) is 17.9. The molecular weight excluding hydrogens is 192 g/mol. The first kappa shape index (κ1) is 10.8. The van der Waals surface area contributed by atoms with Crippen molar-refractivity contribution >= 4 is 12.0 Å². The van der Waals surface area contributed by atoms with Crippen LogP contribution in [0.2, 0.25) is 0 Å². The molecular formula is C11H10N2O2. The van der Waals surface area contributed by atoms with E-state index in [2.05, 4.69) is 0 Å². The molecule has 0 saturated carbocycles. The molecule has 0 heterocycles. The molecule has 0 aliphatic carbocycles. The van der Waals surface area contributed by atoms with Gasteiger partial charge in [0.1, 0.15) is 17.4 Å². The number of benzene rings is 1. The van der Waals surface area contributed by atoms with Crippen molar-refractivity contribution in [1.29, 1.82) is 5.26 Å². The average Bonchev–Trinajstić information content (AvgIpc) is 2.19. The topological polar surface area (TPSA) is 87.1 Å². The van der Waals surface area contributed by atoms with Crippen LogP contribution in [0.4, 0.5) is 0 Å². The molecule has 0 saturated heterocycles. The molecule has 15 heavy (non-hydrogen) atoms. The maximum absolute atomic E-state index is 10.8. The number of carbonyl (C=O) groups excluding carboxylic acids is 1. The Kier molecular flexibility index (Phi) is 3.09. The van der Waals surface area contributed by atoms with Crippen LogP contribution >= 0.6 is 0 Å². The van der Waals surface area contributed by atoms with Gasteiger partial charge in [-0.2, -0.15) is 5.26 Å². The maximum Gasteiger partial charge on any atom is 0.259 e. The number of hydrogen-bond donors (Lipinski definition) is 2. The molecule has 0 aliphatic rings. The molecule has 4 heteroatoms. The van der Waals surface area contributed by atoms with Crippen molar-refractivity contribution in [3.8, 4) is 11.8 Å². The Bertz CT molecular complexity index is 470. The maximum atomic E-state index is 10.8. The molecule has 4 nitrogen and oxygen atoms in total. The molecule has 76 valence electrons. The first-order valence-corrected chi connectivity index (χ1v) is 4.26. The van der Waals surface area contributed by atoms with Gasteiger partial charge in [0.2, 0.25) is 0 Å². The summed E-state index contributed by atoms with van der Waals surface area (Å²) in [6.07, 6.45) is 1.38. The SMILES string of the molecule is Cc1cc(C=C(C#N)C(N)=O)ccc1O. The van der Waals surface area contributed by atoms with Gasteiger partial charge in [-0.15, -0.1) is 0 Å². The van der Waals surface area contributed by atoms with Crippen molar-refractivity contribution in [2.24, 2.45) is 5.73 Å². The fourth-order valence-electron chi connectivity index (χ4n) is 1.09. The number of phenols is 1. The number of carbonyl (C=O) groups is 1. The lowest BCUT2D eigenvalue weighted by molar-refractivity contribution is -0.114. The van der Waals surface area contributed by atoms with Crippen molar-refractivity contribution in [3.05, 3.63) is 34.9 Å². The van der Waals surface area contributed by atoms with E-state index < -0.39 is 5.91 Å². The molecule has 1 rings (SSSR count). The second-order valence-electron chi connectivity index (χ2n) is 3.08. The number of amides is 1. The smallest absolute Gasteiger partial charge is 0.259 e. The lowest BCUT2D eigenvalue weighted by Crippen LogP contribution is -2.12. The van der Waals surface area contributed by atoms with E-state index in [1.54, 1.807) is 25.1 Å². The lowest BCUT2D eigenvalue weighted by atomic mass is 10.1. The van der Waals surface area contributed by atoms with E-state index in [4.69, 9.17) is 11.0 Å². The Morgan fingerprint density at radius 2 is 2.27 bits per heavy atom. The molecule has 0 radical (unpaired) electrons. The Morgan fingerprint density at radius 3 is 2.73 bits per heavy atom. The predicted octanol–water partition coefficient (Wildman–Crippen LogP) is 1.09. The number of nitrogens with two attached hydrogens (primary N) is 1. The molecule has 0 bridgehead atoms. The Balaban J connectivity index is 3.14. The molecule has 0 atom stereocenters. The summed E-state index contributed by atoms with van der Waals surface area (Å²) in [6.45, 7) is 1.73. The Morgan fingerprint density at radius 1 is 1.60 bits per heavy atom. The monoisotopic (exact) mass is 202 g/mol. The minimum atomic E-state index is -0.761. The minimum Gasteiger partial charge on any atom is -0.508 e. The van der Waals surface area contributed by atoms with Crippen LogP contribution in [0.3, 0.4) is 0 Å². The third-order valence-electron chi connectivity index (χ3n) is 1.92. The second kappa shape index (κ2) is 4.29. The van der Waals surface area contributed by atoms with Crippen molar-refractivity contribution in [1.82, 2.24) is 0 Å². The summed E-state index contributed by atoms with van der Waals surface area (Å²) in [4.78, 5) is 10.8. The highest BCUT2D eigenvalue weighted by molar-refractivity contribution is 6.00. The molecule has 0 aliphatic heterocycles. The van der Waals surface area contributed by atoms with Gasteiger partial charge in [-0.25, -0.2) is 0 Å². The van der Waals surface area contributed by atoms with Gasteiger partial charge >= 0.3 is 0 Å². The lowest BCUT2D eigenvalue weighted by Gasteiger charge is -2.00. The van der Waals surface area contributed by atoms with E-state index in [0.717, 1.165) is 0 Å². The van der Waals surface area contributed by atoms with E-state index in [0.29, 0.717) is 11.1 Å². The molecule has 0 spiro atoms. The number of primary amides is 1. The first-order chi connectivity index (χ1) is 7.04. The molecule has 0 unspecified atom stereocenters. The second-order valence-corrected chi connectivity index (χ2v) is 3.08. The van der Waals surface area contributed by atoms with Crippen molar-refractivity contribution in [3.63, 3.8) is 0 Å². The van der Waals surface area contributed by atoms with Crippen LogP contribution in [0.25, 0.3) is 6.08 Å². The van der Waals surface area contributed by atoms with Gasteiger partial charge in [0.15, 0.2) is 0 Å². The van der Waals surface area contributed by atoms with Crippen LogP contribution in [0.15, 0.2) is 23.8 Å². The summed E-state index contributed by atoms with van der Waals surface area (Å²) >= 11 is 0. The predicted molar refractivity (Wildman–Crippen MR) is 55.6 cm³/mol. The largest absolute Gasteiger partial charge is 0.508 e. The van der Waals surface area contributed by atoms with Gasteiger partial charge in [0.05, 0.1) is 0 Å². The van der Waals surface area contributed by atoms with Crippen molar-refractivity contribution in [2.45, 2.75) is 6.92 Å². The number of rotatable bonds is 2. The van der Waals surface area contributed by atoms with Crippen molar-refractivity contribution in [2.75, 3.05) is 0 Å². The number of nitriles is 1. The van der Waals surface area contributed by atoms with E-state index >= 15 is 0 Å². The van der Waals surface area contributed by atoms with Crippen LogP contribution < -0.4 is 5.73 Å². The van der Waals surface area contributed by atoms with Crippen LogP contribution in [0.1, 0.15) is 11.1 Å². The molecule has 3 N–H and O–H groups in total. The average molecular weight is 202 g/mol. The minimum absolute atomic E-state index is 0.111. The number of hydrogen-bond acceptors (Lipinski definition) is 3. The molecule has 0 aromatic heterocycles. The normalized spacial score (nSPS) is 10.8. The number of phenolic OH excluding ortho intramolecular Hbond substituents is 1. The van der Waals surface area contributed by atoms with Crippen LogP contribution in [-0.4, -0.2) is 11.0 Å². The van der Waals surface area contributed by atoms with Crippen LogP contribution in [-0.2, 0) is 4.79 Å². The van der Waals surface area contributed by atoms with E-state index in [1.165, 1.54) is 12.1 Å². The summed E-state index contributed by atoms with van der Waals surface area (Å²) in [5.41, 5.74) is 6.20. The standard InChI is InChI=1S/C11H10N2O2/c1-7-4-8(2-3-10(7)14)5-9(6-12)11(13)15/h2-5,14H,1H3,(H2,13,15). The van der Waals surface area contributed by atoms with E-state index in [1.807, 2.05) is 0 Å². The quantitative estimate of drug-likeness (QED) is 0.556. The van der Waals surface area contributed by atoms with Crippen molar-refractivity contribution < 1.29 is 9.90 Å². The Labute approximate surface area is 87.3 Å². The zero-order valence-corrected chi connectivity index (χ0v) is 8.19. The van der Waals surface area contributed by atoms with E-state index in [9.17, 15) is 9.90 Å². The highest BCUT2D eigenvalue weighted by Crippen LogP contribution is 2.18. The van der Waals surface area contributed by atoms with Gasteiger partial charge in [-0.1, -0.05) is 6.07 Å². The third-order valence-corrected chi connectivity index (χ3v) is 1.92. The summed E-state index contributed by atoms with van der Waals surface area (Å²) in [5.74, 6) is -0.590. The Hall–Kier alpha value is -2.28. The van der Waals surface area contributed by atoms with Crippen LogP contribution in [0.5, 0.6) is 5.75 Å². The van der Waals surface area contributed by atoms with Gasteiger partial charge < -0.3 is 10.8 Å². The number of nitrogens with zero attached hydrogens (tertiary/aromatic N) is 1. The zero-order valence-electron chi connectivity index (χ0n) is 8.19. The summed E-state index contributed by atoms with van der Waals surface area (Å²) < 4.78 is 0. The molecule has 0 fully saturated rings. The molecule has 1 aromatic carbocycles.